The van der Waals surface area contributed by atoms with Crippen molar-refractivity contribution in [3.8, 4) is 0 Å². The predicted molar refractivity (Wildman–Crippen MR) is 74.8 cm³/mol. The largest absolute Gasteiger partial charge is 0.394 e. The molecule has 0 radical (unpaired) electrons. The summed E-state index contributed by atoms with van der Waals surface area (Å²) in [7, 11) is 1.84. The fourth-order valence-electron chi connectivity index (χ4n) is 1.53. The van der Waals surface area contributed by atoms with Crippen molar-refractivity contribution in [1.82, 2.24) is 9.78 Å². The van der Waals surface area contributed by atoms with Gasteiger partial charge in [0, 0.05) is 17.2 Å². The van der Waals surface area contributed by atoms with Crippen molar-refractivity contribution in [2.45, 2.75) is 6.92 Å². The normalized spacial score (nSPS) is 10.6. The van der Waals surface area contributed by atoms with Gasteiger partial charge in [0.05, 0.1) is 16.4 Å². The summed E-state index contributed by atoms with van der Waals surface area (Å²) in [5.74, 6) is 0.765. The Bertz CT molecular complexity index is 565. The van der Waals surface area contributed by atoms with Gasteiger partial charge in [0.2, 0.25) is 0 Å². The molecular weight excluding hydrogens is 304 g/mol. The fraction of sp³-hybridized carbons (Fsp3) is 0.182. The molecule has 90 valence electrons. The van der Waals surface area contributed by atoms with Crippen LogP contribution in [0.25, 0.3) is 0 Å². The van der Waals surface area contributed by atoms with E-state index in [2.05, 4.69) is 26.3 Å². The number of halogens is 2. The lowest BCUT2D eigenvalue weighted by atomic mass is 10.3. The van der Waals surface area contributed by atoms with Crippen molar-refractivity contribution >= 4 is 44.7 Å². The van der Waals surface area contributed by atoms with Crippen molar-refractivity contribution < 1.29 is 0 Å². The molecule has 0 spiro atoms. The number of nitrogens with one attached hydrogen (secondary N) is 1. The van der Waals surface area contributed by atoms with Crippen molar-refractivity contribution in [3.05, 3.63) is 33.4 Å². The van der Waals surface area contributed by atoms with Gasteiger partial charge in [0.15, 0.2) is 5.82 Å². The average Bonchev–Trinajstić information content (AvgIpc) is 2.50. The quantitative estimate of drug-likeness (QED) is 0.892. The second kappa shape index (κ2) is 4.58. The number of nitrogen functional groups attached to an aromatic ring is 1. The third-order valence-corrected chi connectivity index (χ3v) is 3.68. The Hall–Kier alpha value is -1.20. The van der Waals surface area contributed by atoms with Crippen LogP contribution in [0.3, 0.4) is 0 Å². The lowest BCUT2D eigenvalue weighted by Crippen LogP contribution is -2.01. The van der Waals surface area contributed by atoms with Gasteiger partial charge in [-0.25, -0.2) is 0 Å². The van der Waals surface area contributed by atoms with Crippen LogP contribution in [-0.4, -0.2) is 9.78 Å². The van der Waals surface area contributed by atoms with Crippen LogP contribution in [0, 0.1) is 6.92 Å². The van der Waals surface area contributed by atoms with E-state index in [-0.39, 0.29) is 0 Å². The summed E-state index contributed by atoms with van der Waals surface area (Å²) in [5, 5.41) is 8.08. The van der Waals surface area contributed by atoms with Gasteiger partial charge in [-0.1, -0.05) is 11.6 Å². The number of aryl methyl sites for hydroxylation is 2. The van der Waals surface area contributed by atoms with Crippen LogP contribution in [0.2, 0.25) is 5.02 Å². The zero-order chi connectivity index (χ0) is 12.6. The first kappa shape index (κ1) is 12.3. The summed E-state index contributed by atoms with van der Waals surface area (Å²) in [6.45, 7) is 1.87. The first-order valence-corrected chi connectivity index (χ1v) is 6.17. The second-order valence-corrected chi connectivity index (χ2v) is 4.99. The first-order valence-electron chi connectivity index (χ1n) is 5.00. The van der Waals surface area contributed by atoms with Gasteiger partial charge in [0.1, 0.15) is 0 Å². The lowest BCUT2D eigenvalue weighted by Gasteiger charge is -2.08. The topological polar surface area (TPSA) is 55.9 Å². The molecule has 3 N–H and O–H groups in total. The molecule has 0 saturated carbocycles. The Morgan fingerprint density at radius 3 is 2.71 bits per heavy atom. The molecule has 17 heavy (non-hydrogen) atoms. The maximum absolute atomic E-state index is 6.02. The minimum atomic E-state index is 0.645. The highest BCUT2D eigenvalue weighted by atomic mass is 79.9. The number of hydrogen-bond donors (Lipinski definition) is 2. The van der Waals surface area contributed by atoms with Gasteiger partial charge < -0.3 is 11.1 Å². The standard InChI is InChI=1S/C11H12BrClN4/c1-6-10(14)11(17(2)16-6)15-7-3-4-8(12)9(13)5-7/h3-5,15H,14H2,1-2H3. The number of nitrogens with two attached hydrogens (primary N) is 1. The van der Waals surface area contributed by atoms with Gasteiger partial charge >= 0.3 is 0 Å². The number of hydrogen-bond acceptors (Lipinski definition) is 3. The second-order valence-electron chi connectivity index (χ2n) is 3.73. The molecule has 1 aromatic carbocycles. The number of benzene rings is 1. The van der Waals surface area contributed by atoms with Crippen LogP contribution in [0.5, 0.6) is 0 Å². The molecule has 0 amide bonds. The number of rotatable bonds is 2. The fourth-order valence-corrected chi connectivity index (χ4v) is 1.96. The molecule has 0 bridgehead atoms. The van der Waals surface area contributed by atoms with Crippen LogP contribution in [0.15, 0.2) is 22.7 Å². The molecule has 0 aliphatic heterocycles. The molecule has 1 heterocycles. The average molecular weight is 316 g/mol. The molecule has 0 atom stereocenters. The lowest BCUT2D eigenvalue weighted by molar-refractivity contribution is 0.765. The molecule has 0 aliphatic rings. The number of nitrogens with zero attached hydrogens (tertiary/aromatic N) is 2. The zero-order valence-electron chi connectivity index (χ0n) is 9.46. The SMILES string of the molecule is Cc1nn(C)c(Nc2ccc(Br)c(Cl)c2)c1N. The molecule has 2 aromatic rings. The highest BCUT2D eigenvalue weighted by molar-refractivity contribution is 9.10. The highest BCUT2D eigenvalue weighted by Crippen LogP contribution is 2.29. The Labute approximate surface area is 113 Å². The predicted octanol–water partition coefficient (Wildman–Crippen LogP) is 3.47. The van der Waals surface area contributed by atoms with E-state index in [4.69, 9.17) is 17.3 Å². The van der Waals surface area contributed by atoms with Crippen LogP contribution in [0.4, 0.5) is 17.2 Å². The molecule has 1 aromatic heterocycles. The summed E-state index contributed by atoms with van der Waals surface area (Å²) in [6.07, 6.45) is 0. The van der Waals surface area contributed by atoms with Crippen molar-refractivity contribution in [1.29, 1.82) is 0 Å². The van der Waals surface area contributed by atoms with Gasteiger partial charge in [0.25, 0.3) is 0 Å². The number of aromatic nitrogens is 2. The van der Waals surface area contributed by atoms with Gasteiger partial charge in [-0.05, 0) is 41.1 Å². The van der Waals surface area contributed by atoms with Gasteiger partial charge in [-0.3, -0.25) is 4.68 Å². The van der Waals surface area contributed by atoms with E-state index in [1.165, 1.54) is 0 Å². The molecule has 0 aliphatic carbocycles. The van der Waals surface area contributed by atoms with E-state index in [0.29, 0.717) is 10.7 Å². The van der Waals surface area contributed by atoms with E-state index in [9.17, 15) is 0 Å². The molecule has 4 nitrogen and oxygen atoms in total. The minimum absolute atomic E-state index is 0.645. The maximum Gasteiger partial charge on any atom is 0.152 e. The Morgan fingerprint density at radius 2 is 2.18 bits per heavy atom. The Kier molecular flexibility index (Phi) is 3.31. The zero-order valence-corrected chi connectivity index (χ0v) is 11.8. The number of anilines is 3. The van der Waals surface area contributed by atoms with Crippen molar-refractivity contribution in [2.24, 2.45) is 7.05 Å². The smallest absolute Gasteiger partial charge is 0.152 e. The Morgan fingerprint density at radius 1 is 1.47 bits per heavy atom. The van der Waals surface area contributed by atoms with E-state index < -0.39 is 0 Å². The molecular formula is C11H12BrClN4. The van der Waals surface area contributed by atoms with E-state index in [0.717, 1.165) is 21.7 Å². The van der Waals surface area contributed by atoms with Crippen molar-refractivity contribution in [2.75, 3.05) is 11.1 Å². The third kappa shape index (κ3) is 2.40. The summed E-state index contributed by atoms with van der Waals surface area (Å²) >= 11 is 9.37. The van der Waals surface area contributed by atoms with Crippen LogP contribution in [0.1, 0.15) is 5.69 Å². The summed E-state index contributed by atoms with van der Waals surface area (Å²) < 4.78 is 2.57. The summed E-state index contributed by atoms with van der Waals surface area (Å²) in [6, 6.07) is 5.62. The highest BCUT2D eigenvalue weighted by Gasteiger charge is 2.10. The summed E-state index contributed by atoms with van der Waals surface area (Å²) in [4.78, 5) is 0. The van der Waals surface area contributed by atoms with E-state index in [1.54, 1.807) is 4.68 Å². The molecule has 0 saturated heterocycles. The van der Waals surface area contributed by atoms with Crippen LogP contribution < -0.4 is 11.1 Å². The van der Waals surface area contributed by atoms with Crippen LogP contribution >= 0.6 is 27.5 Å². The van der Waals surface area contributed by atoms with Crippen molar-refractivity contribution in [3.63, 3.8) is 0 Å². The van der Waals surface area contributed by atoms with E-state index in [1.807, 2.05) is 32.2 Å². The monoisotopic (exact) mass is 314 g/mol. The summed E-state index contributed by atoms with van der Waals surface area (Å²) in [5.41, 5.74) is 8.25. The molecule has 0 unspecified atom stereocenters. The third-order valence-electron chi connectivity index (χ3n) is 2.45. The molecule has 0 fully saturated rings. The van der Waals surface area contributed by atoms with Gasteiger partial charge in [-0.2, -0.15) is 5.10 Å². The molecule has 6 heteroatoms. The minimum Gasteiger partial charge on any atom is -0.394 e. The van der Waals surface area contributed by atoms with Crippen LogP contribution in [-0.2, 0) is 7.05 Å². The Balaban J connectivity index is 2.34. The molecule has 2 rings (SSSR count). The van der Waals surface area contributed by atoms with Gasteiger partial charge in [-0.15, -0.1) is 0 Å². The van der Waals surface area contributed by atoms with E-state index >= 15 is 0 Å². The first-order chi connectivity index (χ1) is 7.99. The maximum atomic E-state index is 6.02.